The summed E-state index contributed by atoms with van der Waals surface area (Å²) in [6.07, 6.45) is 19.3. The van der Waals surface area contributed by atoms with Crippen molar-refractivity contribution in [1.82, 2.24) is 5.32 Å². The van der Waals surface area contributed by atoms with Gasteiger partial charge in [-0.25, -0.2) is 14.0 Å². The number of nitrogens with two attached hydrogens (primary N) is 1. The van der Waals surface area contributed by atoms with Crippen LogP contribution in [0, 0.1) is 11.7 Å². The number of halogens is 1. The molecule has 0 aromatic heterocycles. The molecule has 0 spiro atoms. The third-order valence-electron chi connectivity index (χ3n) is 6.93. The molecule has 0 aliphatic carbocycles. The molecule has 44 heavy (non-hydrogen) atoms. The molecule has 0 unspecified atom stereocenters. The molecule has 4 atom stereocenters. The first-order valence-corrected chi connectivity index (χ1v) is 15.0. The number of nitrogens with one attached hydrogen (secondary N) is 1. The van der Waals surface area contributed by atoms with E-state index >= 15 is 0 Å². The monoisotopic (exact) mass is 608 g/mol. The zero-order valence-corrected chi connectivity index (χ0v) is 25.8. The van der Waals surface area contributed by atoms with Gasteiger partial charge in [-0.2, -0.15) is 0 Å². The average molecular weight is 609 g/mol. The molecule has 0 saturated heterocycles. The maximum absolute atomic E-state index is 13.1. The van der Waals surface area contributed by atoms with Crippen LogP contribution in [0.2, 0.25) is 0 Å². The molecule has 1 aromatic carbocycles. The number of cyclic esters (lactones) is 1. The third kappa shape index (κ3) is 14.8. The van der Waals surface area contributed by atoms with Gasteiger partial charge in [0.2, 0.25) is 0 Å². The zero-order valence-electron chi connectivity index (χ0n) is 25.8. The number of ether oxygens (including phenoxy) is 2. The number of carbonyl (C=O) groups is 3. The van der Waals surface area contributed by atoms with E-state index in [0.29, 0.717) is 31.2 Å². The fourth-order valence-corrected chi connectivity index (χ4v) is 4.52. The smallest absolute Gasteiger partial charge is 0.404 e. The van der Waals surface area contributed by atoms with Gasteiger partial charge < -0.3 is 25.6 Å². The van der Waals surface area contributed by atoms with Crippen LogP contribution in [0.4, 0.5) is 9.18 Å². The number of carbonyl (C=O) groups excluding carboxylic acids is 3. The summed E-state index contributed by atoms with van der Waals surface area (Å²) in [5, 5.41) is 13.1. The molecule has 1 aliphatic heterocycles. The van der Waals surface area contributed by atoms with E-state index in [4.69, 9.17) is 15.2 Å². The van der Waals surface area contributed by atoms with Gasteiger partial charge in [0.25, 0.3) is 5.91 Å². The van der Waals surface area contributed by atoms with E-state index < -0.39 is 36.2 Å². The zero-order chi connectivity index (χ0) is 32.3. The molecule has 0 bridgehead atoms. The summed E-state index contributed by atoms with van der Waals surface area (Å²) >= 11 is 0. The van der Waals surface area contributed by atoms with E-state index in [0.717, 1.165) is 30.4 Å². The fraction of sp³-hybridized carbons (Fsp3) is 0.400. The quantitative estimate of drug-likeness (QED) is 0.186. The van der Waals surface area contributed by atoms with E-state index in [1.807, 2.05) is 51.2 Å². The van der Waals surface area contributed by atoms with Crippen molar-refractivity contribution in [3.8, 4) is 0 Å². The maximum Gasteiger partial charge on any atom is 0.404 e. The minimum atomic E-state index is -0.951. The number of hydrogen-bond donors (Lipinski definition) is 3. The number of benzene rings is 1. The molecule has 4 N–H and O–H groups in total. The van der Waals surface area contributed by atoms with Crippen LogP contribution in [0.5, 0.6) is 0 Å². The number of hydrogen-bond acceptors (Lipinski definition) is 6. The second-order valence-corrected chi connectivity index (χ2v) is 10.9. The van der Waals surface area contributed by atoms with Gasteiger partial charge in [0, 0.05) is 30.2 Å². The number of aliphatic hydroxyl groups excluding tert-OH is 1. The normalized spacial score (nSPS) is 25.5. The first kappa shape index (κ1) is 36.0. The van der Waals surface area contributed by atoms with Gasteiger partial charge in [0.15, 0.2) is 0 Å². The van der Waals surface area contributed by atoms with Crippen molar-refractivity contribution >= 4 is 18.0 Å². The predicted octanol–water partition coefficient (Wildman–Crippen LogP) is 6.75. The van der Waals surface area contributed by atoms with Crippen LogP contribution < -0.4 is 11.1 Å². The van der Waals surface area contributed by atoms with Crippen LogP contribution in [-0.4, -0.2) is 41.4 Å². The molecular formula is C35H45FN2O6. The van der Waals surface area contributed by atoms with Crippen LogP contribution in [0.1, 0.15) is 76.1 Å². The highest BCUT2D eigenvalue weighted by atomic mass is 19.1. The van der Waals surface area contributed by atoms with Crippen molar-refractivity contribution in [2.24, 2.45) is 11.7 Å². The van der Waals surface area contributed by atoms with Crippen LogP contribution in [0.15, 0.2) is 96.3 Å². The molecule has 9 heteroatoms. The van der Waals surface area contributed by atoms with Crippen molar-refractivity contribution in [2.75, 3.05) is 0 Å². The largest absolute Gasteiger partial charge is 0.458 e. The Morgan fingerprint density at radius 1 is 1.14 bits per heavy atom. The lowest BCUT2D eigenvalue weighted by Gasteiger charge is -2.22. The van der Waals surface area contributed by atoms with Crippen LogP contribution in [0.3, 0.4) is 0 Å². The molecule has 2 rings (SSSR count). The minimum absolute atomic E-state index is 0.144. The van der Waals surface area contributed by atoms with E-state index in [2.05, 4.69) is 5.32 Å². The van der Waals surface area contributed by atoms with Crippen LogP contribution in [0.25, 0.3) is 0 Å². The van der Waals surface area contributed by atoms with Gasteiger partial charge in [-0.3, -0.25) is 4.79 Å². The molecule has 8 nitrogen and oxygen atoms in total. The molecule has 0 saturated carbocycles. The van der Waals surface area contributed by atoms with E-state index in [1.165, 1.54) is 36.5 Å². The summed E-state index contributed by atoms with van der Waals surface area (Å²) in [6, 6.07) is 5.29. The first-order valence-electron chi connectivity index (χ1n) is 15.0. The summed E-state index contributed by atoms with van der Waals surface area (Å²) in [5.41, 5.74) is 7.40. The summed E-state index contributed by atoms with van der Waals surface area (Å²) in [7, 11) is 0. The lowest BCUT2D eigenvalue weighted by Crippen LogP contribution is -2.32. The van der Waals surface area contributed by atoms with Crippen LogP contribution >= 0.6 is 0 Å². The lowest BCUT2D eigenvalue weighted by molar-refractivity contribution is -0.144. The first-order chi connectivity index (χ1) is 21.0. The number of allylic oxidation sites excluding steroid dienone is 7. The van der Waals surface area contributed by atoms with Crippen molar-refractivity contribution < 1.29 is 33.4 Å². The number of rotatable bonds is 6. The Kier molecular flexibility index (Phi) is 16.2. The van der Waals surface area contributed by atoms with Crippen molar-refractivity contribution in [1.29, 1.82) is 0 Å². The van der Waals surface area contributed by atoms with E-state index in [-0.39, 0.29) is 11.8 Å². The molecular weight excluding hydrogens is 563 g/mol. The number of amides is 2. The second-order valence-electron chi connectivity index (χ2n) is 10.9. The fourth-order valence-electron chi connectivity index (χ4n) is 4.52. The standard InChI is InChI=1S/C35H45FN2O6/c1-25-13-9-8-11-15-31(44-35(37)42)30(39)14-10-6-4-5-7-12-16-33(40)43-32(24-25)27(3)23-26(2)21-22-38-34(41)28-17-19-29(36)20-18-28/h8-10,12-14,16-23,27,30-32,39H,4-7,11,15,24H2,1-3H3,(H2,37,42)(H,38,41)/b9-8+,14-10+,16-12+,22-21+,25-13+,26-23+/t27-,30+,31+,32-/m1/s1. The average Bonchev–Trinajstić information content (AvgIpc) is 2.96. The second kappa shape index (κ2) is 19.9. The summed E-state index contributed by atoms with van der Waals surface area (Å²) in [6.45, 7) is 5.81. The molecule has 238 valence electrons. The molecule has 0 fully saturated rings. The minimum Gasteiger partial charge on any atom is -0.458 e. The van der Waals surface area contributed by atoms with Gasteiger partial charge in [0.05, 0.1) is 0 Å². The third-order valence-corrected chi connectivity index (χ3v) is 6.93. The summed E-state index contributed by atoms with van der Waals surface area (Å²) in [4.78, 5) is 36.3. The summed E-state index contributed by atoms with van der Waals surface area (Å²) < 4.78 is 24.1. The molecule has 0 radical (unpaired) electrons. The predicted molar refractivity (Wildman–Crippen MR) is 170 cm³/mol. The van der Waals surface area contributed by atoms with Gasteiger partial charge in [-0.05, 0) is 82.7 Å². The highest BCUT2D eigenvalue weighted by Crippen LogP contribution is 2.21. The Morgan fingerprint density at radius 3 is 2.55 bits per heavy atom. The number of aliphatic hydroxyl groups is 1. The Bertz CT molecular complexity index is 1260. The van der Waals surface area contributed by atoms with Crippen molar-refractivity contribution in [3.05, 3.63) is 108 Å². The van der Waals surface area contributed by atoms with E-state index in [9.17, 15) is 23.9 Å². The van der Waals surface area contributed by atoms with Gasteiger partial charge in [-0.15, -0.1) is 0 Å². The molecule has 1 aliphatic rings. The Balaban J connectivity index is 2.13. The summed E-state index contributed by atoms with van der Waals surface area (Å²) in [5.74, 6) is -1.31. The van der Waals surface area contributed by atoms with Gasteiger partial charge >= 0.3 is 12.1 Å². The number of primary amides is 1. The highest BCUT2D eigenvalue weighted by Gasteiger charge is 2.21. The lowest BCUT2D eigenvalue weighted by atomic mass is 9.95. The number of esters is 1. The van der Waals surface area contributed by atoms with Crippen LogP contribution in [-0.2, 0) is 14.3 Å². The molecule has 1 aromatic rings. The SMILES string of the molecule is CC(/C=C/NC(=O)c1ccc(F)cc1)=C\[C@@H](C)[C@H]1C/C(C)=C/C=C/CC[C@H](OC(N)=O)[C@@H](O)/C=C/CCCC/C=C/C(=O)O1. The van der Waals surface area contributed by atoms with Gasteiger partial charge in [0.1, 0.15) is 24.1 Å². The van der Waals surface area contributed by atoms with Gasteiger partial charge in [-0.1, -0.05) is 60.6 Å². The Hall–Kier alpha value is -4.24. The van der Waals surface area contributed by atoms with Crippen molar-refractivity contribution in [3.63, 3.8) is 0 Å². The highest BCUT2D eigenvalue weighted by molar-refractivity contribution is 5.94. The van der Waals surface area contributed by atoms with Crippen molar-refractivity contribution in [2.45, 2.75) is 84.0 Å². The Morgan fingerprint density at radius 2 is 1.84 bits per heavy atom. The topological polar surface area (TPSA) is 128 Å². The molecule has 2 amide bonds. The maximum atomic E-state index is 13.1. The van der Waals surface area contributed by atoms with E-state index in [1.54, 1.807) is 18.2 Å². The Labute approximate surface area is 259 Å². The molecule has 1 heterocycles.